The Labute approximate surface area is 67.7 Å². The second kappa shape index (κ2) is 4.69. The lowest BCUT2D eigenvalue weighted by molar-refractivity contribution is 0.453. The molecule has 5 heteroatoms. The molecule has 0 aliphatic heterocycles. The van der Waals surface area contributed by atoms with E-state index in [1.165, 1.54) is 0 Å². The summed E-state index contributed by atoms with van der Waals surface area (Å²) in [4.78, 5) is 0. The number of hydrogen-bond donors (Lipinski definition) is 1. The first-order valence-electron chi connectivity index (χ1n) is 3.56. The molecule has 1 N–H and O–H groups in total. The fraction of sp³-hybridized carbons (Fsp3) is 1.00. The molecule has 4 nitrogen and oxygen atoms in total. The van der Waals surface area contributed by atoms with Crippen LogP contribution in [0.2, 0.25) is 0 Å². The molecule has 0 aromatic carbocycles. The van der Waals surface area contributed by atoms with Crippen LogP contribution in [0.15, 0.2) is 0 Å². The van der Waals surface area contributed by atoms with Crippen LogP contribution >= 0.6 is 0 Å². The average Bonchev–Trinajstić information content (AvgIpc) is 1.78. The molecule has 0 aromatic rings. The Morgan fingerprint density at radius 3 is 2.36 bits per heavy atom. The maximum absolute atomic E-state index is 10.1. The van der Waals surface area contributed by atoms with Crippen molar-refractivity contribution >= 4 is 10.1 Å². The summed E-state index contributed by atoms with van der Waals surface area (Å²) >= 11 is 0. The predicted octanol–water partition coefficient (Wildman–Crippen LogP) is 0.125. The number of nitrogens with one attached hydrogen (secondary N) is 1. The van der Waals surface area contributed by atoms with E-state index in [1.807, 2.05) is 13.8 Å². The summed E-state index contributed by atoms with van der Waals surface area (Å²) in [7, 11) is -4.08. The Morgan fingerprint density at radius 1 is 1.45 bits per heavy atom. The van der Waals surface area contributed by atoms with E-state index >= 15 is 0 Å². The molecule has 0 fully saturated rings. The maximum atomic E-state index is 10.1. The van der Waals surface area contributed by atoms with E-state index in [1.54, 1.807) is 0 Å². The summed E-state index contributed by atoms with van der Waals surface area (Å²) in [5.41, 5.74) is 0. The molecular weight excluding hydrogens is 166 g/mol. The van der Waals surface area contributed by atoms with Crippen LogP contribution in [0, 0.1) is 5.92 Å². The molecule has 0 atom stereocenters. The van der Waals surface area contributed by atoms with Crippen molar-refractivity contribution in [2.45, 2.75) is 20.3 Å². The van der Waals surface area contributed by atoms with Crippen molar-refractivity contribution in [3.05, 3.63) is 0 Å². The molecule has 0 aliphatic carbocycles. The van der Waals surface area contributed by atoms with E-state index in [-0.39, 0.29) is 0 Å². The molecule has 0 saturated heterocycles. The van der Waals surface area contributed by atoms with Crippen molar-refractivity contribution in [1.82, 2.24) is 5.32 Å². The molecule has 0 rings (SSSR count). The van der Waals surface area contributed by atoms with Crippen LogP contribution in [0.5, 0.6) is 0 Å². The highest BCUT2D eigenvalue weighted by Gasteiger charge is 1.95. The average molecular weight is 180 g/mol. The lowest BCUT2D eigenvalue weighted by Gasteiger charge is -2.09. The first-order valence-corrected chi connectivity index (χ1v) is 5.14. The zero-order valence-electron chi connectivity index (χ0n) is 6.83. The van der Waals surface area contributed by atoms with Crippen LogP contribution in [-0.4, -0.2) is 25.4 Å². The molecule has 0 amide bonds. The van der Waals surface area contributed by atoms with Crippen molar-refractivity contribution in [3.63, 3.8) is 0 Å². The Hall–Kier alpha value is -0.130. The van der Waals surface area contributed by atoms with Gasteiger partial charge >= 0.3 is 0 Å². The summed E-state index contributed by atoms with van der Waals surface area (Å²) in [6.45, 7) is 4.65. The summed E-state index contributed by atoms with van der Waals surface area (Å²) < 4.78 is 30.2. The highest BCUT2D eigenvalue weighted by Crippen LogP contribution is 1.95. The first kappa shape index (κ1) is 10.9. The molecule has 0 spiro atoms. The van der Waals surface area contributed by atoms with Gasteiger partial charge in [0.05, 0.1) is 5.88 Å². The number of rotatable bonds is 5. The maximum Gasteiger partial charge on any atom is 0.108 e. The zero-order valence-corrected chi connectivity index (χ0v) is 7.65. The smallest absolute Gasteiger partial charge is 0.108 e. The van der Waals surface area contributed by atoms with Gasteiger partial charge in [-0.15, -0.1) is 0 Å². The van der Waals surface area contributed by atoms with E-state index in [0.29, 0.717) is 12.5 Å². The Kier molecular flexibility index (Phi) is 4.63. The van der Waals surface area contributed by atoms with Gasteiger partial charge in [0.15, 0.2) is 0 Å². The van der Waals surface area contributed by atoms with Crippen molar-refractivity contribution < 1.29 is 13.0 Å². The van der Waals surface area contributed by atoms with Crippen LogP contribution in [0.25, 0.3) is 0 Å². The first-order chi connectivity index (χ1) is 4.92. The normalized spacial score (nSPS) is 12.4. The van der Waals surface area contributed by atoms with E-state index in [0.717, 1.165) is 6.42 Å². The fourth-order valence-corrected chi connectivity index (χ4v) is 0.982. The molecule has 0 aliphatic rings. The minimum Gasteiger partial charge on any atom is -0.747 e. The topological polar surface area (TPSA) is 69.2 Å². The van der Waals surface area contributed by atoms with E-state index in [9.17, 15) is 13.0 Å². The van der Waals surface area contributed by atoms with E-state index in [4.69, 9.17) is 0 Å². The van der Waals surface area contributed by atoms with Crippen LogP contribution in [0.3, 0.4) is 0 Å². The zero-order chi connectivity index (χ0) is 8.91. The van der Waals surface area contributed by atoms with Crippen LogP contribution < -0.4 is 5.32 Å². The highest BCUT2D eigenvalue weighted by atomic mass is 32.2. The third-order valence-corrected chi connectivity index (χ3v) is 1.73. The molecule has 0 heterocycles. The van der Waals surface area contributed by atoms with Crippen LogP contribution in [-0.2, 0) is 10.1 Å². The van der Waals surface area contributed by atoms with Crippen LogP contribution in [0.1, 0.15) is 20.3 Å². The fourth-order valence-electron chi connectivity index (χ4n) is 0.588. The summed E-state index contributed by atoms with van der Waals surface area (Å²) in [6.07, 6.45) is 0.884. The minimum absolute atomic E-state index is 0.459. The molecule has 0 aromatic heterocycles. The van der Waals surface area contributed by atoms with Gasteiger partial charge in [-0.1, -0.05) is 13.8 Å². The van der Waals surface area contributed by atoms with Crippen LogP contribution in [0.4, 0.5) is 0 Å². The largest absolute Gasteiger partial charge is 0.747 e. The summed E-state index contributed by atoms with van der Waals surface area (Å²) in [5, 5.41) is 2.56. The van der Waals surface area contributed by atoms with Crippen molar-refractivity contribution in [2.75, 3.05) is 12.4 Å². The molecule has 0 radical (unpaired) electrons. The van der Waals surface area contributed by atoms with Gasteiger partial charge in [-0.25, -0.2) is 8.42 Å². The van der Waals surface area contributed by atoms with Crippen molar-refractivity contribution in [3.8, 4) is 0 Å². The molecular formula is C6H14NO3S-. The summed E-state index contributed by atoms with van der Waals surface area (Å²) in [6, 6.07) is 0. The third-order valence-electron chi connectivity index (χ3n) is 1.18. The number of hydrogen-bond acceptors (Lipinski definition) is 4. The minimum atomic E-state index is -4.08. The molecule has 0 unspecified atom stereocenters. The van der Waals surface area contributed by atoms with E-state index < -0.39 is 16.0 Å². The standard InChI is InChI=1S/C6H15NO3S/c1-6(2)3-4-7-5-11(8,9)10/h6-7H,3-5H2,1-2H3,(H,8,9,10)/p-1. The predicted molar refractivity (Wildman–Crippen MR) is 42.0 cm³/mol. The monoisotopic (exact) mass is 180 g/mol. The molecule has 68 valence electrons. The van der Waals surface area contributed by atoms with Gasteiger partial charge in [-0.2, -0.15) is 0 Å². The van der Waals surface area contributed by atoms with Gasteiger partial charge in [0.1, 0.15) is 10.1 Å². The quantitative estimate of drug-likeness (QED) is 0.482. The van der Waals surface area contributed by atoms with E-state index in [2.05, 4.69) is 5.32 Å². The Morgan fingerprint density at radius 2 is 2.00 bits per heavy atom. The van der Waals surface area contributed by atoms with Gasteiger partial charge in [-0.3, -0.25) is 0 Å². The second-order valence-electron chi connectivity index (χ2n) is 2.88. The molecule has 0 saturated carbocycles. The third kappa shape index (κ3) is 9.87. The SMILES string of the molecule is CC(C)CCNCS(=O)(=O)[O-]. The van der Waals surface area contributed by atoms with Gasteiger partial charge in [0.25, 0.3) is 0 Å². The lowest BCUT2D eigenvalue weighted by atomic mass is 10.1. The summed E-state index contributed by atoms with van der Waals surface area (Å²) in [5.74, 6) is 0.0663. The van der Waals surface area contributed by atoms with Gasteiger partial charge in [-0.05, 0) is 18.9 Å². The Balaban J connectivity index is 3.30. The highest BCUT2D eigenvalue weighted by molar-refractivity contribution is 7.85. The van der Waals surface area contributed by atoms with Gasteiger partial charge in [0.2, 0.25) is 0 Å². The molecule has 0 bridgehead atoms. The lowest BCUT2D eigenvalue weighted by Crippen LogP contribution is -2.24. The Bertz CT molecular complexity index is 186. The van der Waals surface area contributed by atoms with Gasteiger partial charge in [0, 0.05) is 0 Å². The van der Waals surface area contributed by atoms with Crippen molar-refractivity contribution in [2.24, 2.45) is 5.92 Å². The second-order valence-corrected chi connectivity index (χ2v) is 4.29. The van der Waals surface area contributed by atoms with Gasteiger partial charge < -0.3 is 9.87 Å². The molecule has 11 heavy (non-hydrogen) atoms. The van der Waals surface area contributed by atoms with Crippen molar-refractivity contribution in [1.29, 1.82) is 0 Å².